The number of carbonyl (C=O) groups excluding carboxylic acids is 2. The minimum atomic E-state index is -0.394. The second-order valence-corrected chi connectivity index (χ2v) is 15.8. The molecule has 0 bridgehead atoms. The van der Waals surface area contributed by atoms with Crippen LogP contribution in [-0.2, 0) is 4.79 Å². The number of carbonyl (C=O) groups is 2. The maximum absolute atomic E-state index is 12.4. The minimum absolute atomic E-state index is 0.0854. The molecule has 3 aliphatic heterocycles. The third-order valence-corrected chi connectivity index (χ3v) is 12.1. The molecule has 3 aliphatic rings. The highest BCUT2D eigenvalue weighted by molar-refractivity contribution is 7.97. The number of halogens is 1. The van der Waals surface area contributed by atoms with E-state index < -0.39 is 6.03 Å². The van der Waals surface area contributed by atoms with Crippen LogP contribution in [0.3, 0.4) is 0 Å². The van der Waals surface area contributed by atoms with E-state index in [1.54, 1.807) is 12.4 Å². The van der Waals surface area contributed by atoms with Gasteiger partial charge in [-0.25, -0.2) is 19.1 Å². The summed E-state index contributed by atoms with van der Waals surface area (Å²) in [4.78, 5) is 39.8. The summed E-state index contributed by atoms with van der Waals surface area (Å²) in [5, 5.41) is 18.6. The summed E-state index contributed by atoms with van der Waals surface area (Å²) in [6.07, 6.45) is 11.0. The summed E-state index contributed by atoms with van der Waals surface area (Å²) in [6.45, 7) is 7.77. The monoisotopic (exact) mass is 760 g/mol. The number of likely N-dealkylation sites (tertiary alicyclic amines) is 1. The summed E-state index contributed by atoms with van der Waals surface area (Å²) < 4.78 is 2.46. The Hall–Kier alpha value is -3.91. The summed E-state index contributed by atoms with van der Waals surface area (Å²) in [6, 6.07) is 15.3. The number of nitrogens with one attached hydrogen (secondary N) is 4. The number of urea groups is 1. The third kappa shape index (κ3) is 10.4. The molecule has 2 aromatic carbocycles. The number of piperidine rings is 3. The molecule has 3 aromatic rings. The first-order chi connectivity index (χ1) is 25.8. The highest BCUT2D eigenvalue weighted by atomic mass is 35.5. The number of hydrogen-bond donors (Lipinski definition) is 4. The number of hydrogen-bond acceptors (Lipinski definition) is 11. The van der Waals surface area contributed by atoms with Crippen molar-refractivity contribution in [2.75, 3.05) is 82.0 Å². The van der Waals surface area contributed by atoms with Gasteiger partial charge in [0.25, 0.3) is 0 Å². The Labute approximate surface area is 323 Å². The molecule has 284 valence electrons. The SMILES string of the molecule is CNC(=O)N(CCC=O)C(=N)c1ccc(C2CCN(CC3CCN(c4ccc(SN5CCC(Nc6ncc(Cl)cn6)CC5)cc4)CC3)CC2)cc1NC. The van der Waals surface area contributed by atoms with Gasteiger partial charge in [-0.2, -0.15) is 0 Å². The number of anilines is 3. The van der Waals surface area contributed by atoms with E-state index in [1.165, 1.54) is 47.5 Å². The van der Waals surface area contributed by atoms with Crippen LogP contribution in [0.15, 0.2) is 59.8 Å². The van der Waals surface area contributed by atoms with Crippen LogP contribution < -0.4 is 20.9 Å². The van der Waals surface area contributed by atoms with Crippen LogP contribution in [-0.4, -0.2) is 115 Å². The van der Waals surface area contributed by atoms with E-state index in [0.717, 1.165) is 82.8 Å². The lowest BCUT2D eigenvalue weighted by Gasteiger charge is -2.38. The largest absolute Gasteiger partial charge is 0.388 e. The molecule has 2 amide bonds. The van der Waals surface area contributed by atoms with Crippen molar-refractivity contribution in [2.45, 2.75) is 61.8 Å². The van der Waals surface area contributed by atoms with Crippen LogP contribution in [0.2, 0.25) is 5.02 Å². The lowest BCUT2D eigenvalue weighted by atomic mass is 9.87. The number of aromatic nitrogens is 2. The molecule has 1 aromatic heterocycles. The van der Waals surface area contributed by atoms with Crippen molar-refractivity contribution >= 4 is 59.0 Å². The van der Waals surface area contributed by atoms with Gasteiger partial charge in [-0.1, -0.05) is 17.7 Å². The predicted octanol–water partition coefficient (Wildman–Crippen LogP) is 6.41. The highest BCUT2D eigenvalue weighted by Crippen LogP contribution is 2.34. The molecular formula is C39H53ClN10O2S. The van der Waals surface area contributed by atoms with Gasteiger partial charge >= 0.3 is 6.03 Å². The zero-order chi connectivity index (χ0) is 37.2. The topological polar surface area (TPSA) is 133 Å². The van der Waals surface area contributed by atoms with E-state index in [2.05, 4.69) is 76.4 Å². The Kier molecular flexibility index (Phi) is 13.8. The molecule has 14 heteroatoms. The van der Waals surface area contributed by atoms with Gasteiger partial charge in [-0.15, -0.1) is 0 Å². The molecule has 6 rings (SSSR count). The second kappa shape index (κ2) is 18.9. The Morgan fingerprint density at radius 1 is 0.962 bits per heavy atom. The fourth-order valence-corrected chi connectivity index (χ4v) is 8.77. The lowest BCUT2D eigenvalue weighted by molar-refractivity contribution is -0.107. The van der Waals surface area contributed by atoms with Gasteiger partial charge in [-0.3, -0.25) is 10.3 Å². The van der Waals surface area contributed by atoms with Gasteiger partial charge in [0.2, 0.25) is 5.95 Å². The standard InChI is InChI=1S/C39H53ClN10O2S/c1-42-36-24-30(4-9-35(36)37(41)50(16-3-23-51)39(52)43-2)29-12-17-47(18-13-29)27-28-10-19-48(20-11-28)33-5-7-34(8-6-33)53-49-21-14-32(15-22-49)46-38-44-25-31(40)26-45-38/h4-9,23-26,28-29,32,41-42H,3,10-22,27H2,1-2H3,(H,43,52)(H,44,45,46). The summed E-state index contributed by atoms with van der Waals surface area (Å²) in [5.41, 5.74) is 4.07. The molecule has 4 N–H and O–H groups in total. The van der Waals surface area contributed by atoms with Crippen molar-refractivity contribution in [2.24, 2.45) is 5.92 Å². The van der Waals surface area contributed by atoms with Crippen LogP contribution in [0.4, 0.5) is 22.1 Å². The molecule has 12 nitrogen and oxygen atoms in total. The van der Waals surface area contributed by atoms with Gasteiger partial charge in [0.05, 0.1) is 17.4 Å². The Morgan fingerprint density at radius 2 is 1.66 bits per heavy atom. The van der Waals surface area contributed by atoms with Crippen molar-refractivity contribution in [1.82, 2.24) is 29.4 Å². The molecule has 0 radical (unpaired) electrons. The second-order valence-electron chi connectivity index (χ2n) is 14.2. The summed E-state index contributed by atoms with van der Waals surface area (Å²) >= 11 is 7.77. The quantitative estimate of drug-likeness (QED) is 0.0671. The van der Waals surface area contributed by atoms with E-state index in [0.29, 0.717) is 28.5 Å². The Bertz CT molecular complexity index is 1660. The van der Waals surface area contributed by atoms with Crippen LogP contribution in [0.25, 0.3) is 0 Å². The molecule has 0 spiro atoms. The zero-order valence-electron chi connectivity index (χ0n) is 30.9. The molecule has 4 heterocycles. The lowest BCUT2D eigenvalue weighted by Crippen LogP contribution is -2.43. The molecule has 0 aliphatic carbocycles. The van der Waals surface area contributed by atoms with Crippen molar-refractivity contribution in [3.8, 4) is 0 Å². The first-order valence-electron chi connectivity index (χ1n) is 18.9. The fourth-order valence-electron chi connectivity index (χ4n) is 7.72. The van der Waals surface area contributed by atoms with Crippen molar-refractivity contribution in [1.29, 1.82) is 5.41 Å². The first kappa shape index (κ1) is 38.8. The molecule has 0 saturated carbocycles. The van der Waals surface area contributed by atoms with Gasteiger partial charge in [0, 0.05) is 87.7 Å². The number of rotatable bonds is 13. The minimum Gasteiger partial charge on any atom is -0.388 e. The van der Waals surface area contributed by atoms with Crippen LogP contribution >= 0.6 is 23.5 Å². The number of amides is 2. The molecule has 3 fully saturated rings. The van der Waals surface area contributed by atoms with Gasteiger partial charge in [0.15, 0.2) is 0 Å². The van der Waals surface area contributed by atoms with E-state index in [1.807, 2.05) is 25.1 Å². The smallest absolute Gasteiger partial charge is 0.322 e. The first-order valence-corrected chi connectivity index (χ1v) is 20.1. The molecule has 53 heavy (non-hydrogen) atoms. The van der Waals surface area contributed by atoms with Gasteiger partial charge < -0.3 is 30.5 Å². The third-order valence-electron chi connectivity index (χ3n) is 10.8. The maximum atomic E-state index is 12.4. The Morgan fingerprint density at radius 3 is 2.30 bits per heavy atom. The fraction of sp³-hybridized carbons (Fsp3) is 0.513. The van der Waals surface area contributed by atoms with E-state index in [4.69, 9.17) is 17.0 Å². The number of nitrogens with zero attached hydrogens (tertiary/aromatic N) is 6. The van der Waals surface area contributed by atoms with Gasteiger partial charge in [-0.05, 0) is 117 Å². The molecular weight excluding hydrogens is 708 g/mol. The van der Waals surface area contributed by atoms with Crippen LogP contribution in [0.1, 0.15) is 62.0 Å². The van der Waals surface area contributed by atoms with Crippen molar-refractivity contribution in [3.63, 3.8) is 0 Å². The zero-order valence-corrected chi connectivity index (χ0v) is 32.5. The van der Waals surface area contributed by atoms with Gasteiger partial charge in [0.1, 0.15) is 12.1 Å². The van der Waals surface area contributed by atoms with Crippen LogP contribution in [0, 0.1) is 11.3 Å². The number of amidine groups is 1. The highest BCUT2D eigenvalue weighted by Gasteiger charge is 2.27. The average Bonchev–Trinajstić information content (AvgIpc) is 3.20. The Balaban J connectivity index is 0.912. The number of aldehydes is 1. The van der Waals surface area contributed by atoms with Crippen molar-refractivity contribution < 1.29 is 9.59 Å². The summed E-state index contributed by atoms with van der Waals surface area (Å²) in [5.74, 6) is 1.92. The normalized spacial score (nSPS) is 18.1. The molecule has 0 atom stereocenters. The van der Waals surface area contributed by atoms with Crippen molar-refractivity contribution in [3.05, 3.63) is 71.0 Å². The molecule has 3 saturated heterocycles. The van der Waals surface area contributed by atoms with Crippen LogP contribution in [0.5, 0.6) is 0 Å². The van der Waals surface area contributed by atoms with E-state index >= 15 is 0 Å². The predicted molar refractivity (Wildman–Crippen MR) is 216 cm³/mol. The van der Waals surface area contributed by atoms with E-state index in [-0.39, 0.29) is 18.8 Å². The maximum Gasteiger partial charge on any atom is 0.322 e. The number of benzene rings is 2. The summed E-state index contributed by atoms with van der Waals surface area (Å²) in [7, 11) is 3.38. The molecule has 0 unspecified atom stereocenters. The average molecular weight is 761 g/mol. The van der Waals surface area contributed by atoms with E-state index in [9.17, 15) is 9.59 Å².